The number of amides is 1. The van der Waals surface area contributed by atoms with Crippen molar-refractivity contribution in [2.24, 2.45) is 17.6 Å². The number of pyridine rings is 1. The van der Waals surface area contributed by atoms with Crippen LogP contribution >= 0.6 is 0 Å². The van der Waals surface area contributed by atoms with Crippen molar-refractivity contribution in [3.05, 3.63) is 24.4 Å². The molecule has 1 aromatic heterocycles. The molecule has 4 rings (SSSR count). The smallest absolute Gasteiger partial charge is 0.421 e. The van der Waals surface area contributed by atoms with E-state index in [1.54, 1.807) is 7.11 Å². The molecule has 192 valence electrons. The molecule has 12 heteroatoms. The number of nitrogens with one attached hydrogen (secondary N) is 1. The van der Waals surface area contributed by atoms with Gasteiger partial charge in [-0.3, -0.25) is 4.98 Å². The molecule has 11 nitrogen and oxygen atoms in total. The first-order valence-corrected chi connectivity index (χ1v) is 13.2. The fourth-order valence-electron chi connectivity index (χ4n) is 4.89. The zero-order valence-electron chi connectivity index (χ0n) is 20.1. The van der Waals surface area contributed by atoms with Gasteiger partial charge < -0.3 is 29.2 Å². The molecule has 0 bridgehead atoms. The predicted octanol–water partition coefficient (Wildman–Crippen LogP) is 1.86. The normalized spacial score (nSPS) is 18.5. The number of fused-ring (bicyclic) bond motifs is 1. The molecule has 2 saturated heterocycles. The molecule has 35 heavy (non-hydrogen) atoms. The maximum absolute atomic E-state index is 11.7. The summed E-state index contributed by atoms with van der Waals surface area (Å²) >= 11 is 0. The lowest BCUT2D eigenvalue weighted by Gasteiger charge is -2.37. The second-order valence-electron chi connectivity index (χ2n) is 8.98. The largest absolute Gasteiger partial charge is 0.495 e. The van der Waals surface area contributed by atoms with Crippen LogP contribution < -0.4 is 25.0 Å². The minimum atomic E-state index is -4.18. The van der Waals surface area contributed by atoms with E-state index in [2.05, 4.69) is 35.8 Å². The van der Waals surface area contributed by atoms with Crippen LogP contribution in [0.5, 0.6) is 5.75 Å². The van der Waals surface area contributed by atoms with Crippen molar-refractivity contribution in [3.8, 4) is 5.75 Å². The van der Waals surface area contributed by atoms with Gasteiger partial charge in [-0.05, 0) is 36.8 Å². The van der Waals surface area contributed by atoms with Crippen LogP contribution in [0.3, 0.4) is 0 Å². The lowest BCUT2D eigenvalue weighted by atomic mass is 9.85. The SMILES string of the molecule is COc1cc2nccc(N3CCC(C(C)CNS(=O)(=O)OC(N)=O)CC3)c2cc1N1CCOCC1. The molecule has 0 aliphatic carbocycles. The molecule has 0 saturated carbocycles. The number of nitrogens with two attached hydrogens (primary N) is 1. The summed E-state index contributed by atoms with van der Waals surface area (Å²) in [7, 11) is -2.49. The molecule has 2 fully saturated rings. The number of piperidine rings is 1. The van der Waals surface area contributed by atoms with E-state index >= 15 is 0 Å². The Labute approximate surface area is 205 Å². The van der Waals surface area contributed by atoms with E-state index in [4.69, 9.17) is 15.2 Å². The van der Waals surface area contributed by atoms with Crippen LogP contribution in [0.25, 0.3) is 10.9 Å². The molecule has 3 N–H and O–H groups in total. The maximum Gasteiger partial charge on any atom is 0.421 e. The zero-order valence-corrected chi connectivity index (χ0v) is 20.9. The van der Waals surface area contributed by atoms with E-state index in [0.717, 1.165) is 67.0 Å². The number of ether oxygens (including phenoxy) is 2. The number of methoxy groups -OCH3 is 1. The maximum atomic E-state index is 11.7. The Morgan fingerprint density at radius 1 is 1.20 bits per heavy atom. The van der Waals surface area contributed by atoms with Crippen LogP contribution in [0.4, 0.5) is 16.2 Å². The van der Waals surface area contributed by atoms with Crippen LogP contribution in [-0.4, -0.2) is 72.5 Å². The Balaban J connectivity index is 1.46. The average molecular weight is 508 g/mol. The van der Waals surface area contributed by atoms with Gasteiger partial charge in [-0.15, -0.1) is 0 Å². The van der Waals surface area contributed by atoms with Gasteiger partial charge in [-0.25, -0.2) is 4.79 Å². The second kappa shape index (κ2) is 10.8. The zero-order chi connectivity index (χ0) is 25.0. The third-order valence-corrected chi connectivity index (χ3v) is 7.73. The number of hydrogen-bond acceptors (Lipinski definition) is 9. The Kier molecular flexibility index (Phi) is 7.82. The number of aromatic nitrogens is 1. The molecule has 2 aliphatic heterocycles. The van der Waals surface area contributed by atoms with Crippen LogP contribution in [0, 0.1) is 11.8 Å². The second-order valence-corrected chi connectivity index (χ2v) is 10.3. The molecule has 1 amide bonds. The summed E-state index contributed by atoms with van der Waals surface area (Å²) in [4.78, 5) is 20.0. The number of nitrogens with zero attached hydrogens (tertiary/aromatic N) is 3. The number of carbonyl (C=O) groups is 1. The van der Waals surface area contributed by atoms with E-state index in [9.17, 15) is 13.2 Å². The van der Waals surface area contributed by atoms with Crippen molar-refractivity contribution < 1.29 is 26.9 Å². The van der Waals surface area contributed by atoms with E-state index in [1.165, 1.54) is 0 Å². The first-order valence-electron chi connectivity index (χ1n) is 11.8. The molecule has 1 atom stereocenters. The number of hydrogen-bond donors (Lipinski definition) is 2. The van der Waals surface area contributed by atoms with E-state index in [0.29, 0.717) is 19.1 Å². The summed E-state index contributed by atoms with van der Waals surface area (Å²) in [6, 6.07) is 6.22. The summed E-state index contributed by atoms with van der Waals surface area (Å²) in [6.45, 7) is 6.88. The number of primary amides is 1. The standard InChI is InChI=1S/C23H33N5O6S/c1-16(15-26-35(30,31)34-23(24)29)17-4-7-27(8-5-17)20-3-6-25-19-14-22(32-2)21(13-18(19)20)28-9-11-33-12-10-28/h3,6,13-14,16-17,26H,4-5,7-12,15H2,1-2H3,(H2,24,29). The van der Waals surface area contributed by atoms with Crippen molar-refractivity contribution in [1.29, 1.82) is 0 Å². The average Bonchev–Trinajstić information content (AvgIpc) is 2.86. The molecular weight excluding hydrogens is 474 g/mol. The first kappa shape index (κ1) is 25.3. The van der Waals surface area contributed by atoms with E-state index < -0.39 is 16.4 Å². The molecule has 1 aromatic carbocycles. The van der Waals surface area contributed by atoms with Crippen LogP contribution in [0.1, 0.15) is 19.8 Å². The van der Waals surface area contributed by atoms with Crippen molar-refractivity contribution in [1.82, 2.24) is 9.71 Å². The Bertz CT molecular complexity index is 1150. The van der Waals surface area contributed by atoms with Gasteiger partial charge in [0.1, 0.15) is 5.75 Å². The highest BCUT2D eigenvalue weighted by molar-refractivity contribution is 7.85. The predicted molar refractivity (Wildman–Crippen MR) is 133 cm³/mol. The minimum absolute atomic E-state index is 0.0785. The number of rotatable bonds is 8. The summed E-state index contributed by atoms with van der Waals surface area (Å²) in [5, 5.41) is 1.08. The molecule has 0 radical (unpaired) electrons. The number of anilines is 2. The molecule has 2 aliphatic rings. The lowest BCUT2D eigenvalue weighted by molar-refractivity contribution is 0.122. The number of carbonyl (C=O) groups excluding carboxylic acids is 1. The van der Waals surface area contributed by atoms with Crippen molar-refractivity contribution in [3.63, 3.8) is 0 Å². The van der Waals surface area contributed by atoms with Crippen molar-refractivity contribution >= 4 is 38.7 Å². The topological polar surface area (TPSA) is 136 Å². The quantitative estimate of drug-likeness (QED) is 0.548. The van der Waals surface area contributed by atoms with Gasteiger partial charge in [-0.1, -0.05) is 6.92 Å². The van der Waals surface area contributed by atoms with Crippen LogP contribution in [0.2, 0.25) is 0 Å². The van der Waals surface area contributed by atoms with Gasteiger partial charge in [0.05, 0.1) is 31.5 Å². The fraction of sp³-hybridized carbons (Fsp3) is 0.565. The number of morpholine rings is 1. The molecule has 0 spiro atoms. The Hall–Kier alpha value is -2.83. The lowest BCUT2D eigenvalue weighted by Crippen LogP contribution is -2.40. The monoisotopic (exact) mass is 507 g/mol. The highest BCUT2D eigenvalue weighted by atomic mass is 32.2. The Morgan fingerprint density at radius 3 is 2.54 bits per heavy atom. The van der Waals surface area contributed by atoms with Gasteiger partial charge in [0.2, 0.25) is 0 Å². The van der Waals surface area contributed by atoms with E-state index in [1.807, 2.05) is 19.2 Å². The van der Waals surface area contributed by atoms with Crippen LogP contribution in [-0.2, 0) is 19.2 Å². The molecule has 3 heterocycles. The van der Waals surface area contributed by atoms with Gasteiger partial charge in [0, 0.05) is 56.1 Å². The summed E-state index contributed by atoms with van der Waals surface area (Å²) in [6.07, 6.45) is 2.30. The van der Waals surface area contributed by atoms with Gasteiger partial charge >= 0.3 is 16.4 Å². The highest BCUT2D eigenvalue weighted by Crippen LogP contribution is 2.38. The first-order chi connectivity index (χ1) is 16.8. The summed E-state index contributed by atoms with van der Waals surface area (Å²) < 4.78 is 41.0. The minimum Gasteiger partial charge on any atom is -0.495 e. The third kappa shape index (κ3) is 6.06. The number of benzene rings is 1. The summed E-state index contributed by atoms with van der Waals surface area (Å²) in [5.74, 6) is 1.22. The Morgan fingerprint density at radius 2 is 1.89 bits per heavy atom. The van der Waals surface area contributed by atoms with Crippen LogP contribution in [0.15, 0.2) is 24.4 Å². The van der Waals surface area contributed by atoms with Crippen molar-refractivity contribution in [2.45, 2.75) is 19.8 Å². The van der Waals surface area contributed by atoms with Crippen molar-refractivity contribution in [2.75, 3.05) is 62.8 Å². The molecule has 1 unspecified atom stereocenters. The van der Waals surface area contributed by atoms with E-state index in [-0.39, 0.29) is 12.5 Å². The van der Waals surface area contributed by atoms with Gasteiger partial charge in [0.15, 0.2) is 0 Å². The highest BCUT2D eigenvalue weighted by Gasteiger charge is 2.27. The van der Waals surface area contributed by atoms with Gasteiger partial charge in [-0.2, -0.15) is 13.1 Å². The fourth-order valence-corrected chi connectivity index (χ4v) is 5.63. The molecular formula is C23H33N5O6S. The molecule has 2 aromatic rings. The third-order valence-electron chi connectivity index (χ3n) is 6.83. The summed E-state index contributed by atoms with van der Waals surface area (Å²) in [5.41, 5.74) is 7.87. The van der Waals surface area contributed by atoms with Gasteiger partial charge in [0.25, 0.3) is 0 Å².